The van der Waals surface area contributed by atoms with Crippen LogP contribution in [0, 0.1) is 0 Å². The molecule has 2 heterocycles. The summed E-state index contributed by atoms with van der Waals surface area (Å²) in [5.41, 5.74) is 3.20. The van der Waals surface area contributed by atoms with Gasteiger partial charge in [-0.1, -0.05) is 16.6 Å². The molecule has 0 aliphatic carbocycles. The van der Waals surface area contributed by atoms with Crippen molar-refractivity contribution in [3.05, 3.63) is 48.2 Å². The van der Waals surface area contributed by atoms with Crippen molar-refractivity contribution in [3.63, 3.8) is 0 Å². The van der Waals surface area contributed by atoms with Crippen LogP contribution >= 0.6 is 0 Å². The minimum atomic E-state index is -0.378. The molecular formula is C26H34FN5O2. The molecule has 1 N–H and O–H groups in total. The molecule has 0 radical (unpaired) electrons. The highest BCUT2D eigenvalue weighted by Crippen LogP contribution is 2.38. The number of ether oxygens (including phenoxy) is 1. The van der Waals surface area contributed by atoms with Gasteiger partial charge in [0.15, 0.2) is 0 Å². The highest BCUT2D eigenvalue weighted by atomic mass is 19.2. The van der Waals surface area contributed by atoms with Gasteiger partial charge >= 0.3 is 0 Å². The minimum Gasteiger partial charge on any atom is -0.496 e. The second-order valence-corrected chi connectivity index (χ2v) is 8.92. The Morgan fingerprint density at radius 2 is 1.85 bits per heavy atom. The molecule has 1 saturated heterocycles. The van der Waals surface area contributed by atoms with Crippen molar-refractivity contribution in [1.82, 2.24) is 19.9 Å². The summed E-state index contributed by atoms with van der Waals surface area (Å²) in [5.74, 6) is 0.352. The van der Waals surface area contributed by atoms with E-state index in [9.17, 15) is 9.28 Å². The number of nitrogens with zero attached hydrogens (tertiary/aromatic N) is 4. The first kappa shape index (κ1) is 24.0. The van der Waals surface area contributed by atoms with Crippen molar-refractivity contribution < 1.29 is 14.0 Å². The predicted octanol–water partition coefficient (Wildman–Crippen LogP) is 3.48. The smallest absolute Gasteiger partial charge is 0.272 e. The molecule has 0 unspecified atom stereocenters. The number of aromatic nitrogens is 1. The predicted molar refractivity (Wildman–Crippen MR) is 136 cm³/mol. The number of benzene rings is 2. The Balaban J connectivity index is 1.60. The van der Waals surface area contributed by atoms with E-state index in [2.05, 4.69) is 27.2 Å². The minimum absolute atomic E-state index is 0.00984. The average Bonchev–Trinajstić information content (AvgIpc) is 3.20. The number of fused-ring (bicyclic) bond motifs is 1. The first-order chi connectivity index (χ1) is 16.4. The van der Waals surface area contributed by atoms with E-state index in [1.807, 2.05) is 19.2 Å². The van der Waals surface area contributed by atoms with Crippen LogP contribution in [0.1, 0.15) is 16.9 Å². The average molecular weight is 468 g/mol. The molecular weight excluding hydrogens is 433 g/mol. The van der Waals surface area contributed by atoms with Gasteiger partial charge in [-0.3, -0.25) is 9.69 Å². The van der Waals surface area contributed by atoms with E-state index in [4.69, 9.17) is 4.74 Å². The van der Waals surface area contributed by atoms with Gasteiger partial charge in [0.05, 0.1) is 12.6 Å². The SMILES string of the molecule is CNCCCN1CCN(c2ccc(-c3cccc4c3cc(C(=O)N(C)C)n4F)c(OC)c2)CC1. The summed E-state index contributed by atoms with van der Waals surface area (Å²) in [6.07, 6.45) is 1.16. The Bertz CT molecular complexity index is 1150. The number of hydrogen-bond donors (Lipinski definition) is 1. The summed E-state index contributed by atoms with van der Waals surface area (Å²) < 4.78 is 20.7. The van der Waals surface area contributed by atoms with E-state index in [1.54, 1.807) is 39.4 Å². The van der Waals surface area contributed by atoms with Crippen molar-refractivity contribution in [2.75, 3.05) is 72.4 Å². The van der Waals surface area contributed by atoms with Crippen molar-refractivity contribution in [3.8, 4) is 16.9 Å². The van der Waals surface area contributed by atoms with Crippen LogP contribution in [0.5, 0.6) is 5.75 Å². The number of piperazine rings is 1. The summed E-state index contributed by atoms with van der Waals surface area (Å²) in [5, 5.41) is 3.88. The second-order valence-electron chi connectivity index (χ2n) is 8.92. The first-order valence-electron chi connectivity index (χ1n) is 11.8. The van der Waals surface area contributed by atoms with E-state index in [0.717, 1.165) is 68.3 Å². The molecule has 0 atom stereocenters. The highest BCUT2D eigenvalue weighted by Gasteiger charge is 2.22. The van der Waals surface area contributed by atoms with Gasteiger partial charge in [0, 0.05) is 63.0 Å². The summed E-state index contributed by atoms with van der Waals surface area (Å²) in [6.45, 7) is 6.19. The van der Waals surface area contributed by atoms with Crippen molar-refractivity contribution >= 4 is 22.5 Å². The van der Waals surface area contributed by atoms with Crippen LogP contribution < -0.4 is 15.0 Å². The van der Waals surface area contributed by atoms with Crippen LogP contribution in [0.3, 0.4) is 0 Å². The molecule has 1 amide bonds. The lowest BCUT2D eigenvalue weighted by Gasteiger charge is -2.36. The standard InChI is InChI=1S/C26H34FN5O2/c1-28-11-6-12-30-13-15-31(16-14-30)19-9-10-21(25(17-19)34-4)20-7-5-8-23-22(20)18-24(32(23)27)26(33)29(2)3/h5,7-10,17-18,28H,6,11-16H2,1-4H3. The van der Waals surface area contributed by atoms with Gasteiger partial charge in [-0.25, -0.2) is 0 Å². The Hall–Kier alpha value is -3.10. The lowest BCUT2D eigenvalue weighted by atomic mass is 10.00. The quantitative estimate of drug-likeness (QED) is 0.514. The van der Waals surface area contributed by atoms with Crippen LogP contribution in [-0.4, -0.2) is 88.0 Å². The van der Waals surface area contributed by atoms with Gasteiger partial charge in [0.2, 0.25) is 0 Å². The van der Waals surface area contributed by atoms with Gasteiger partial charge in [-0.15, -0.1) is 0 Å². The molecule has 182 valence electrons. The second kappa shape index (κ2) is 10.4. The molecule has 0 spiro atoms. The highest BCUT2D eigenvalue weighted by molar-refractivity contribution is 6.04. The number of methoxy groups -OCH3 is 1. The zero-order valence-corrected chi connectivity index (χ0v) is 20.5. The van der Waals surface area contributed by atoms with E-state index in [-0.39, 0.29) is 11.6 Å². The first-order valence-corrected chi connectivity index (χ1v) is 11.8. The molecule has 3 aromatic rings. The molecule has 8 heteroatoms. The topological polar surface area (TPSA) is 53.0 Å². The van der Waals surface area contributed by atoms with Crippen LogP contribution in [0.25, 0.3) is 22.0 Å². The third-order valence-electron chi connectivity index (χ3n) is 6.53. The maximum atomic E-state index is 15.0. The largest absolute Gasteiger partial charge is 0.496 e. The van der Waals surface area contributed by atoms with Crippen LogP contribution in [0.4, 0.5) is 10.2 Å². The third-order valence-corrected chi connectivity index (χ3v) is 6.53. The molecule has 1 aromatic heterocycles. The molecule has 1 aliphatic heterocycles. The summed E-state index contributed by atoms with van der Waals surface area (Å²) >= 11 is 0. The van der Waals surface area contributed by atoms with E-state index in [0.29, 0.717) is 15.7 Å². The van der Waals surface area contributed by atoms with Crippen LogP contribution in [0.15, 0.2) is 42.5 Å². The van der Waals surface area contributed by atoms with Crippen molar-refractivity contribution in [1.29, 1.82) is 0 Å². The summed E-state index contributed by atoms with van der Waals surface area (Å²) in [4.78, 5) is 19.2. The Morgan fingerprint density at radius 3 is 2.53 bits per heavy atom. The lowest BCUT2D eigenvalue weighted by molar-refractivity contribution is 0.0807. The molecule has 0 bridgehead atoms. The van der Waals surface area contributed by atoms with Crippen molar-refractivity contribution in [2.24, 2.45) is 0 Å². The van der Waals surface area contributed by atoms with Crippen LogP contribution in [0.2, 0.25) is 0 Å². The Morgan fingerprint density at radius 1 is 1.09 bits per heavy atom. The fraction of sp³-hybridized carbons (Fsp3) is 0.423. The third kappa shape index (κ3) is 4.74. The van der Waals surface area contributed by atoms with E-state index >= 15 is 0 Å². The van der Waals surface area contributed by atoms with Gasteiger partial charge in [-0.05, 0) is 56.4 Å². The number of carbonyl (C=O) groups is 1. The van der Waals surface area contributed by atoms with Gasteiger partial charge < -0.3 is 19.9 Å². The Kier molecular flexibility index (Phi) is 7.38. The van der Waals surface area contributed by atoms with Crippen molar-refractivity contribution in [2.45, 2.75) is 6.42 Å². The maximum absolute atomic E-state index is 15.0. The molecule has 7 nitrogen and oxygen atoms in total. The fourth-order valence-electron chi connectivity index (χ4n) is 4.62. The number of amides is 1. The number of hydrogen-bond acceptors (Lipinski definition) is 5. The number of rotatable bonds is 8. The zero-order valence-electron chi connectivity index (χ0n) is 20.5. The Labute approximate surface area is 200 Å². The molecule has 1 aliphatic rings. The number of carbonyl (C=O) groups excluding carboxylic acids is 1. The molecule has 0 saturated carbocycles. The molecule has 4 rings (SSSR count). The number of anilines is 1. The molecule has 2 aromatic carbocycles. The maximum Gasteiger partial charge on any atom is 0.272 e. The van der Waals surface area contributed by atoms with E-state index < -0.39 is 0 Å². The number of nitrogens with one attached hydrogen (secondary N) is 1. The van der Waals surface area contributed by atoms with E-state index in [1.165, 1.54) is 4.90 Å². The summed E-state index contributed by atoms with van der Waals surface area (Å²) in [6, 6.07) is 13.2. The normalized spacial score (nSPS) is 14.6. The molecule has 1 fully saturated rings. The van der Waals surface area contributed by atoms with Crippen LogP contribution in [-0.2, 0) is 0 Å². The fourth-order valence-corrected chi connectivity index (χ4v) is 4.62. The van der Waals surface area contributed by atoms with Gasteiger partial charge in [-0.2, -0.15) is 4.79 Å². The van der Waals surface area contributed by atoms with Gasteiger partial charge in [0.25, 0.3) is 5.91 Å². The monoisotopic (exact) mass is 467 g/mol. The lowest BCUT2D eigenvalue weighted by Crippen LogP contribution is -2.46. The van der Waals surface area contributed by atoms with Gasteiger partial charge in [0.1, 0.15) is 11.4 Å². The summed E-state index contributed by atoms with van der Waals surface area (Å²) in [7, 11) is 6.88. The zero-order chi connectivity index (χ0) is 24.2. The number of halogens is 1. The molecule has 34 heavy (non-hydrogen) atoms.